The van der Waals surface area contributed by atoms with Crippen LogP contribution in [0.5, 0.6) is 0 Å². The van der Waals surface area contributed by atoms with Crippen LogP contribution in [0.25, 0.3) is 0 Å². The molecule has 1 rings (SSSR count). The van der Waals surface area contributed by atoms with E-state index in [9.17, 15) is 0 Å². The Bertz CT molecular complexity index is 167. The topological polar surface area (TPSA) is 18.5 Å². The molecule has 1 heterocycles. The van der Waals surface area contributed by atoms with Crippen molar-refractivity contribution in [2.24, 2.45) is 5.41 Å². The van der Waals surface area contributed by atoms with Crippen LogP contribution in [0.1, 0.15) is 27.7 Å². The van der Waals surface area contributed by atoms with Crippen LogP contribution in [0.15, 0.2) is 12.2 Å². The fourth-order valence-electron chi connectivity index (χ4n) is 1.03. The van der Waals surface area contributed by atoms with Crippen molar-refractivity contribution in [1.82, 2.24) is 0 Å². The Hall–Kier alpha value is -0.340. The van der Waals surface area contributed by atoms with Crippen LogP contribution in [0.2, 0.25) is 0 Å². The monoisotopic (exact) mass is 170 g/mol. The molecule has 0 bridgehead atoms. The van der Waals surface area contributed by atoms with Gasteiger partial charge < -0.3 is 9.47 Å². The lowest BCUT2D eigenvalue weighted by Gasteiger charge is -2.40. The number of ether oxygens (including phenoxy) is 2. The normalized spacial score (nSPS) is 23.7. The molecule has 0 aromatic rings. The highest BCUT2D eigenvalue weighted by Crippen LogP contribution is 2.35. The quantitative estimate of drug-likeness (QED) is 0.519. The summed E-state index contributed by atoms with van der Waals surface area (Å²) in [6.07, 6.45) is 3.99. The molecule has 0 aromatic heterocycles. The Kier molecular flexibility index (Phi) is 2.59. The van der Waals surface area contributed by atoms with Crippen molar-refractivity contribution in [1.29, 1.82) is 0 Å². The van der Waals surface area contributed by atoms with Crippen molar-refractivity contribution in [3.8, 4) is 0 Å². The van der Waals surface area contributed by atoms with Crippen molar-refractivity contribution in [3.05, 3.63) is 12.2 Å². The smallest absolute Gasteiger partial charge is 0.171 e. The molecular formula is C10H18O2. The number of hydrogen-bond donors (Lipinski definition) is 0. The summed E-state index contributed by atoms with van der Waals surface area (Å²) in [6.45, 7) is 9.66. The molecule has 2 nitrogen and oxygen atoms in total. The van der Waals surface area contributed by atoms with Gasteiger partial charge in [0.05, 0.1) is 13.2 Å². The first-order valence-electron chi connectivity index (χ1n) is 4.39. The second-order valence-electron chi connectivity index (χ2n) is 4.29. The van der Waals surface area contributed by atoms with E-state index in [-0.39, 0.29) is 5.41 Å². The van der Waals surface area contributed by atoms with E-state index in [2.05, 4.69) is 20.8 Å². The van der Waals surface area contributed by atoms with Crippen LogP contribution < -0.4 is 0 Å². The van der Waals surface area contributed by atoms with Crippen LogP contribution in [0, 0.1) is 5.41 Å². The molecule has 1 aliphatic heterocycles. The van der Waals surface area contributed by atoms with Crippen LogP contribution in [0.3, 0.4) is 0 Å². The fourth-order valence-corrected chi connectivity index (χ4v) is 1.03. The summed E-state index contributed by atoms with van der Waals surface area (Å²) >= 11 is 0. The first-order chi connectivity index (χ1) is 5.46. The molecule has 0 N–H and O–H groups in total. The lowest BCUT2D eigenvalue weighted by atomic mass is 9.86. The van der Waals surface area contributed by atoms with Gasteiger partial charge in [-0.2, -0.15) is 0 Å². The zero-order chi connectivity index (χ0) is 9.24. The summed E-state index contributed by atoms with van der Waals surface area (Å²) in [5.74, 6) is -0.462. The third-order valence-electron chi connectivity index (χ3n) is 2.44. The van der Waals surface area contributed by atoms with Crippen molar-refractivity contribution in [2.45, 2.75) is 33.5 Å². The molecule has 0 atom stereocenters. The zero-order valence-electron chi connectivity index (χ0n) is 8.39. The zero-order valence-corrected chi connectivity index (χ0v) is 8.39. The van der Waals surface area contributed by atoms with Gasteiger partial charge in [-0.05, 0) is 6.92 Å². The van der Waals surface area contributed by atoms with E-state index in [1.165, 1.54) is 0 Å². The van der Waals surface area contributed by atoms with Gasteiger partial charge >= 0.3 is 0 Å². The molecule has 0 fully saturated rings. The number of rotatable bonds is 0. The molecule has 0 aliphatic carbocycles. The first kappa shape index (κ1) is 9.75. The lowest BCUT2D eigenvalue weighted by molar-refractivity contribution is -0.264. The maximum Gasteiger partial charge on any atom is 0.171 e. The predicted octanol–water partition coefficient (Wildman–Crippen LogP) is 2.35. The molecular weight excluding hydrogens is 152 g/mol. The molecule has 0 aromatic carbocycles. The summed E-state index contributed by atoms with van der Waals surface area (Å²) in [5.41, 5.74) is 0.0129. The van der Waals surface area contributed by atoms with Gasteiger partial charge in [0, 0.05) is 5.41 Å². The van der Waals surface area contributed by atoms with Gasteiger partial charge in [-0.1, -0.05) is 32.9 Å². The Morgan fingerprint density at radius 2 is 1.50 bits per heavy atom. The van der Waals surface area contributed by atoms with Gasteiger partial charge in [-0.25, -0.2) is 0 Å². The summed E-state index contributed by atoms with van der Waals surface area (Å²) in [7, 11) is 0. The predicted molar refractivity (Wildman–Crippen MR) is 48.9 cm³/mol. The molecule has 1 aliphatic rings. The largest absolute Gasteiger partial charge is 0.346 e. The van der Waals surface area contributed by atoms with E-state index in [0.717, 1.165) is 0 Å². The van der Waals surface area contributed by atoms with E-state index in [1.807, 2.05) is 19.1 Å². The molecule has 70 valence electrons. The number of hydrogen-bond acceptors (Lipinski definition) is 2. The maximum atomic E-state index is 5.65. The Morgan fingerprint density at radius 3 is 1.83 bits per heavy atom. The highest BCUT2D eigenvalue weighted by molar-refractivity contribution is 4.89. The van der Waals surface area contributed by atoms with E-state index in [4.69, 9.17) is 9.47 Å². The molecule has 0 radical (unpaired) electrons. The standard InChI is InChI=1S/C10H18O2/c1-9(2,3)10(4)11-7-5-6-8-12-10/h5-6H,7-8H2,1-4H3. The van der Waals surface area contributed by atoms with Crippen molar-refractivity contribution < 1.29 is 9.47 Å². The van der Waals surface area contributed by atoms with Crippen LogP contribution in [-0.4, -0.2) is 19.0 Å². The molecule has 0 saturated heterocycles. The van der Waals surface area contributed by atoms with E-state index in [0.29, 0.717) is 13.2 Å². The van der Waals surface area contributed by atoms with Gasteiger partial charge in [-0.15, -0.1) is 0 Å². The van der Waals surface area contributed by atoms with Gasteiger partial charge in [0.1, 0.15) is 0 Å². The van der Waals surface area contributed by atoms with Gasteiger partial charge in [0.25, 0.3) is 0 Å². The second-order valence-corrected chi connectivity index (χ2v) is 4.29. The molecule has 0 unspecified atom stereocenters. The van der Waals surface area contributed by atoms with Crippen LogP contribution in [0.4, 0.5) is 0 Å². The van der Waals surface area contributed by atoms with Gasteiger partial charge in [-0.3, -0.25) is 0 Å². The first-order valence-corrected chi connectivity index (χ1v) is 4.39. The fraction of sp³-hybridized carbons (Fsp3) is 0.800. The summed E-state index contributed by atoms with van der Waals surface area (Å²) in [6, 6.07) is 0. The van der Waals surface area contributed by atoms with Gasteiger partial charge in [0.15, 0.2) is 5.79 Å². The summed E-state index contributed by atoms with van der Waals surface area (Å²) in [5, 5.41) is 0. The van der Waals surface area contributed by atoms with E-state index in [1.54, 1.807) is 0 Å². The second kappa shape index (κ2) is 3.19. The molecule has 12 heavy (non-hydrogen) atoms. The third-order valence-corrected chi connectivity index (χ3v) is 2.44. The highest BCUT2D eigenvalue weighted by Gasteiger charge is 2.39. The SMILES string of the molecule is CC(C)(C)C1(C)OCC=CCO1. The lowest BCUT2D eigenvalue weighted by Crippen LogP contribution is -2.44. The summed E-state index contributed by atoms with van der Waals surface area (Å²) in [4.78, 5) is 0. The Labute approximate surface area is 74.6 Å². The van der Waals surface area contributed by atoms with Crippen molar-refractivity contribution in [2.75, 3.05) is 13.2 Å². The average Bonchev–Trinajstić information content (AvgIpc) is 2.12. The van der Waals surface area contributed by atoms with Crippen molar-refractivity contribution in [3.63, 3.8) is 0 Å². The minimum absolute atomic E-state index is 0.0129. The maximum absolute atomic E-state index is 5.65. The van der Waals surface area contributed by atoms with E-state index >= 15 is 0 Å². The highest BCUT2D eigenvalue weighted by atomic mass is 16.7. The summed E-state index contributed by atoms with van der Waals surface area (Å²) < 4.78 is 11.3. The van der Waals surface area contributed by atoms with Crippen LogP contribution in [-0.2, 0) is 9.47 Å². The average molecular weight is 170 g/mol. The minimum Gasteiger partial charge on any atom is -0.346 e. The van der Waals surface area contributed by atoms with E-state index < -0.39 is 5.79 Å². The molecule has 2 heteroatoms. The Morgan fingerprint density at radius 1 is 1.08 bits per heavy atom. The molecule has 0 spiro atoms. The van der Waals surface area contributed by atoms with Crippen LogP contribution >= 0.6 is 0 Å². The molecule has 0 saturated carbocycles. The minimum atomic E-state index is -0.462. The molecule has 0 amide bonds. The third kappa shape index (κ3) is 1.87. The Balaban J connectivity index is 2.71. The van der Waals surface area contributed by atoms with Gasteiger partial charge in [0.2, 0.25) is 0 Å². The van der Waals surface area contributed by atoms with Crippen molar-refractivity contribution >= 4 is 0 Å².